The Balaban J connectivity index is 1.88. The van der Waals surface area contributed by atoms with Crippen LogP contribution in [0.15, 0.2) is 29.1 Å². The molecule has 128 valence electrons. The largest absolute Gasteiger partial charge is 0.497 e. The number of benzene rings is 1. The molecule has 2 aromatic rings. The van der Waals surface area contributed by atoms with Crippen LogP contribution in [0.1, 0.15) is 25.3 Å². The SMILES string of the molecule is CCN(Cc1cc2cc(OC)ccc2[nH]c1=O)C(=O)[C@@H]1CCCO1. The van der Waals surface area contributed by atoms with Crippen LogP contribution >= 0.6 is 0 Å². The van der Waals surface area contributed by atoms with Crippen molar-refractivity contribution in [1.82, 2.24) is 9.88 Å². The van der Waals surface area contributed by atoms with E-state index < -0.39 is 0 Å². The molecule has 1 aliphatic heterocycles. The number of aromatic nitrogens is 1. The number of hydrogen-bond acceptors (Lipinski definition) is 4. The number of fused-ring (bicyclic) bond motifs is 1. The van der Waals surface area contributed by atoms with Gasteiger partial charge in [0.1, 0.15) is 11.9 Å². The molecule has 0 spiro atoms. The highest BCUT2D eigenvalue weighted by Crippen LogP contribution is 2.20. The topological polar surface area (TPSA) is 71.6 Å². The van der Waals surface area contributed by atoms with Crippen LogP contribution in [0.5, 0.6) is 5.75 Å². The fraction of sp³-hybridized carbons (Fsp3) is 0.444. The van der Waals surface area contributed by atoms with Crippen molar-refractivity contribution in [2.75, 3.05) is 20.3 Å². The Morgan fingerprint density at radius 3 is 2.92 bits per heavy atom. The number of carbonyl (C=O) groups is 1. The van der Waals surface area contributed by atoms with Crippen LogP contribution < -0.4 is 10.3 Å². The first kappa shape index (κ1) is 16.5. The van der Waals surface area contributed by atoms with Gasteiger partial charge in [-0.25, -0.2) is 0 Å². The van der Waals surface area contributed by atoms with E-state index in [9.17, 15) is 9.59 Å². The number of hydrogen-bond donors (Lipinski definition) is 1. The van der Waals surface area contributed by atoms with Gasteiger partial charge in [-0.05, 0) is 44.0 Å². The highest BCUT2D eigenvalue weighted by Gasteiger charge is 2.27. The monoisotopic (exact) mass is 330 g/mol. The van der Waals surface area contributed by atoms with Crippen molar-refractivity contribution in [3.05, 3.63) is 40.2 Å². The van der Waals surface area contributed by atoms with Crippen molar-refractivity contribution in [2.45, 2.75) is 32.4 Å². The summed E-state index contributed by atoms with van der Waals surface area (Å²) >= 11 is 0. The smallest absolute Gasteiger partial charge is 0.253 e. The first-order chi connectivity index (χ1) is 11.6. The Kier molecular flexibility index (Phi) is 4.85. The van der Waals surface area contributed by atoms with Crippen molar-refractivity contribution in [1.29, 1.82) is 0 Å². The number of pyridine rings is 1. The zero-order valence-corrected chi connectivity index (χ0v) is 14.0. The molecule has 0 saturated carbocycles. The minimum atomic E-state index is -0.371. The van der Waals surface area contributed by atoms with Gasteiger partial charge in [0, 0.05) is 29.6 Å². The number of amides is 1. The zero-order valence-electron chi connectivity index (χ0n) is 14.0. The minimum Gasteiger partial charge on any atom is -0.497 e. The third kappa shape index (κ3) is 3.28. The summed E-state index contributed by atoms with van der Waals surface area (Å²) in [5.74, 6) is 0.684. The molecule has 1 amide bonds. The minimum absolute atomic E-state index is 0.0415. The lowest BCUT2D eigenvalue weighted by molar-refractivity contribution is -0.141. The van der Waals surface area contributed by atoms with E-state index in [0.717, 1.165) is 29.5 Å². The molecule has 2 heterocycles. The summed E-state index contributed by atoms with van der Waals surface area (Å²) in [5.41, 5.74) is 1.13. The maximum atomic E-state index is 12.5. The molecule has 0 radical (unpaired) electrons. The molecule has 1 aromatic carbocycles. The van der Waals surface area contributed by atoms with Gasteiger partial charge in [-0.1, -0.05) is 0 Å². The van der Waals surface area contributed by atoms with Gasteiger partial charge in [0.15, 0.2) is 0 Å². The highest BCUT2D eigenvalue weighted by molar-refractivity contribution is 5.82. The summed E-state index contributed by atoms with van der Waals surface area (Å²) in [6.45, 7) is 3.35. The summed E-state index contributed by atoms with van der Waals surface area (Å²) in [6, 6.07) is 7.31. The molecule has 24 heavy (non-hydrogen) atoms. The molecule has 0 unspecified atom stereocenters. The average Bonchev–Trinajstić information content (AvgIpc) is 3.13. The first-order valence-corrected chi connectivity index (χ1v) is 8.22. The van der Waals surface area contributed by atoms with E-state index in [1.807, 2.05) is 25.1 Å². The van der Waals surface area contributed by atoms with Crippen molar-refractivity contribution in [3.8, 4) is 5.75 Å². The molecule has 6 nitrogen and oxygen atoms in total. The molecule has 1 N–H and O–H groups in total. The highest BCUT2D eigenvalue weighted by atomic mass is 16.5. The number of nitrogens with one attached hydrogen (secondary N) is 1. The third-order valence-corrected chi connectivity index (χ3v) is 4.39. The lowest BCUT2D eigenvalue weighted by atomic mass is 10.1. The second kappa shape index (κ2) is 7.05. The molecule has 0 aliphatic carbocycles. The van der Waals surface area contributed by atoms with E-state index in [-0.39, 0.29) is 24.1 Å². The number of rotatable bonds is 5. The summed E-state index contributed by atoms with van der Waals surface area (Å²) in [7, 11) is 1.60. The van der Waals surface area contributed by atoms with Crippen LogP contribution in [0.3, 0.4) is 0 Å². The van der Waals surface area contributed by atoms with Crippen LogP contribution in [0.25, 0.3) is 10.9 Å². The average molecular weight is 330 g/mol. The number of carbonyl (C=O) groups excluding carboxylic acids is 1. The van der Waals surface area contributed by atoms with Crippen LogP contribution in [0, 0.1) is 0 Å². The molecular weight excluding hydrogens is 308 g/mol. The second-order valence-electron chi connectivity index (χ2n) is 5.93. The van der Waals surface area contributed by atoms with Gasteiger partial charge in [0.05, 0.1) is 13.7 Å². The van der Waals surface area contributed by atoms with E-state index in [4.69, 9.17) is 9.47 Å². The fourth-order valence-electron chi connectivity index (χ4n) is 3.00. The standard InChI is InChI=1S/C18H22N2O4/c1-3-20(18(22)16-5-4-8-24-16)11-13-9-12-10-14(23-2)6-7-15(12)19-17(13)21/h6-7,9-10,16H,3-5,8,11H2,1-2H3,(H,19,21)/t16-/m0/s1. The molecular formula is C18H22N2O4. The predicted molar refractivity (Wildman–Crippen MR) is 91.2 cm³/mol. The lowest BCUT2D eigenvalue weighted by Gasteiger charge is -2.23. The van der Waals surface area contributed by atoms with E-state index in [2.05, 4.69) is 4.98 Å². The van der Waals surface area contributed by atoms with Gasteiger partial charge >= 0.3 is 0 Å². The normalized spacial score (nSPS) is 17.2. The van der Waals surface area contributed by atoms with E-state index in [1.165, 1.54) is 0 Å². The van der Waals surface area contributed by atoms with E-state index in [0.29, 0.717) is 18.7 Å². The quantitative estimate of drug-likeness (QED) is 0.911. The zero-order chi connectivity index (χ0) is 17.1. The Labute approximate surface area is 140 Å². The van der Waals surface area contributed by atoms with Crippen LogP contribution in [0.2, 0.25) is 0 Å². The summed E-state index contributed by atoms with van der Waals surface area (Å²) in [4.78, 5) is 29.4. The maximum absolute atomic E-state index is 12.5. The summed E-state index contributed by atoms with van der Waals surface area (Å²) in [6.07, 6.45) is 1.29. The third-order valence-electron chi connectivity index (χ3n) is 4.39. The number of methoxy groups -OCH3 is 1. The van der Waals surface area contributed by atoms with Gasteiger partial charge in [-0.2, -0.15) is 0 Å². The molecule has 6 heteroatoms. The number of ether oxygens (including phenoxy) is 2. The van der Waals surface area contributed by atoms with Crippen molar-refractivity contribution < 1.29 is 14.3 Å². The van der Waals surface area contributed by atoms with Crippen molar-refractivity contribution in [3.63, 3.8) is 0 Å². The Hall–Kier alpha value is -2.34. The predicted octanol–water partition coefficient (Wildman–Crippen LogP) is 2.06. The molecule has 1 fully saturated rings. The van der Waals surface area contributed by atoms with E-state index >= 15 is 0 Å². The molecule has 1 saturated heterocycles. The Bertz CT molecular complexity index is 793. The maximum Gasteiger partial charge on any atom is 0.253 e. The molecule has 1 atom stereocenters. The lowest BCUT2D eigenvalue weighted by Crippen LogP contribution is -2.39. The Morgan fingerprint density at radius 2 is 2.25 bits per heavy atom. The van der Waals surface area contributed by atoms with Gasteiger partial charge in [-0.15, -0.1) is 0 Å². The van der Waals surface area contributed by atoms with Gasteiger partial charge < -0.3 is 19.4 Å². The van der Waals surface area contributed by atoms with Crippen molar-refractivity contribution in [2.24, 2.45) is 0 Å². The number of H-pyrrole nitrogens is 1. The number of nitrogens with zero attached hydrogens (tertiary/aromatic N) is 1. The second-order valence-corrected chi connectivity index (χ2v) is 5.93. The van der Waals surface area contributed by atoms with Crippen LogP contribution in [0.4, 0.5) is 0 Å². The van der Waals surface area contributed by atoms with Crippen LogP contribution in [-0.2, 0) is 16.1 Å². The number of aromatic amines is 1. The Morgan fingerprint density at radius 1 is 1.42 bits per heavy atom. The van der Waals surface area contributed by atoms with Gasteiger partial charge in [0.2, 0.25) is 0 Å². The fourth-order valence-corrected chi connectivity index (χ4v) is 3.00. The molecule has 0 bridgehead atoms. The molecule has 1 aromatic heterocycles. The van der Waals surface area contributed by atoms with Crippen LogP contribution in [-0.4, -0.2) is 42.2 Å². The first-order valence-electron chi connectivity index (χ1n) is 8.22. The van der Waals surface area contributed by atoms with Gasteiger partial charge in [-0.3, -0.25) is 9.59 Å². The summed E-state index contributed by atoms with van der Waals surface area (Å²) < 4.78 is 10.7. The van der Waals surface area contributed by atoms with Gasteiger partial charge in [0.25, 0.3) is 11.5 Å². The van der Waals surface area contributed by atoms with Crippen molar-refractivity contribution >= 4 is 16.8 Å². The number of likely N-dealkylation sites (N-methyl/N-ethyl adjacent to an activating group) is 1. The molecule has 3 rings (SSSR count). The molecule has 1 aliphatic rings. The summed E-state index contributed by atoms with van der Waals surface area (Å²) in [5, 5.41) is 0.879. The van der Waals surface area contributed by atoms with E-state index in [1.54, 1.807) is 18.1 Å².